The summed E-state index contributed by atoms with van der Waals surface area (Å²) in [7, 11) is 0. The number of fused-ring (bicyclic) bond motifs is 1. The minimum atomic E-state index is -2.73. The zero-order chi connectivity index (χ0) is 25.0. The minimum Gasteiger partial charge on any atom is -0.339 e. The van der Waals surface area contributed by atoms with Crippen LogP contribution in [0.2, 0.25) is 0 Å². The lowest BCUT2D eigenvalue weighted by atomic mass is 10.1. The molecule has 4 heterocycles. The number of halogens is 3. The molecule has 1 aromatic carbocycles. The molecule has 12 heteroatoms. The first-order valence-corrected chi connectivity index (χ1v) is 11.1. The highest BCUT2D eigenvalue weighted by atomic mass is 19.3. The average molecular weight is 493 g/mol. The second-order valence-electron chi connectivity index (χ2n) is 8.59. The van der Waals surface area contributed by atoms with Crippen LogP contribution in [0.15, 0.2) is 59.6 Å². The summed E-state index contributed by atoms with van der Waals surface area (Å²) in [4.78, 5) is 17.4. The Bertz CT molecular complexity index is 1610. The second-order valence-corrected chi connectivity index (χ2v) is 8.59. The van der Waals surface area contributed by atoms with Gasteiger partial charge in [0.1, 0.15) is 6.17 Å². The van der Waals surface area contributed by atoms with Gasteiger partial charge >= 0.3 is 6.55 Å². The minimum absolute atomic E-state index is 0.274. The number of aryl methyl sites for hydroxylation is 1. The van der Waals surface area contributed by atoms with Gasteiger partial charge < -0.3 is 9.84 Å². The maximum Gasteiger partial charge on any atom is 0.333 e. The van der Waals surface area contributed by atoms with Gasteiger partial charge in [0.2, 0.25) is 11.7 Å². The molecule has 182 valence electrons. The number of alkyl halides is 3. The molecule has 0 radical (unpaired) electrons. The number of carbonyl (C=O) groups excluding carboxylic acids is 1. The number of carbonyl (C=O) groups is 1. The first-order valence-electron chi connectivity index (χ1n) is 11.1. The van der Waals surface area contributed by atoms with Gasteiger partial charge in [-0.3, -0.25) is 4.79 Å². The Hall–Kier alpha value is -4.48. The summed E-state index contributed by atoms with van der Waals surface area (Å²) < 4.78 is 46.2. The fourth-order valence-electron chi connectivity index (χ4n) is 3.93. The molecule has 2 atom stereocenters. The van der Waals surface area contributed by atoms with E-state index in [0.29, 0.717) is 50.4 Å². The lowest BCUT2D eigenvalue weighted by Crippen LogP contribution is -2.12. The van der Waals surface area contributed by atoms with Crippen molar-refractivity contribution in [3.8, 4) is 22.5 Å². The van der Waals surface area contributed by atoms with Crippen LogP contribution in [0.25, 0.3) is 28.0 Å². The lowest BCUT2D eigenvalue weighted by molar-refractivity contribution is 0.0566. The molecule has 0 saturated heterocycles. The maximum atomic E-state index is 13.3. The van der Waals surface area contributed by atoms with E-state index in [-0.39, 0.29) is 17.7 Å². The highest BCUT2D eigenvalue weighted by Gasteiger charge is 2.43. The van der Waals surface area contributed by atoms with E-state index in [9.17, 15) is 18.0 Å². The number of amides is 1. The summed E-state index contributed by atoms with van der Waals surface area (Å²) in [6.07, 6.45) is 5.10. The smallest absolute Gasteiger partial charge is 0.333 e. The van der Waals surface area contributed by atoms with Crippen LogP contribution in [0.3, 0.4) is 0 Å². The van der Waals surface area contributed by atoms with Gasteiger partial charge in [0.05, 0.1) is 29.4 Å². The molecule has 1 aliphatic carbocycles. The number of hydrogen-bond acceptors (Lipinski definition) is 6. The first-order chi connectivity index (χ1) is 17.4. The van der Waals surface area contributed by atoms with E-state index >= 15 is 0 Å². The van der Waals surface area contributed by atoms with Crippen LogP contribution in [-0.2, 0) is 0 Å². The highest BCUT2D eigenvalue weighted by Crippen LogP contribution is 2.43. The van der Waals surface area contributed by atoms with Gasteiger partial charge in [0, 0.05) is 34.8 Å². The van der Waals surface area contributed by atoms with Crippen molar-refractivity contribution < 1.29 is 22.5 Å². The van der Waals surface area contributed by atoms with E-state index in [1.54, 1.807) is 30.5 Å². The van der Waals surface area contributed by atoms with Crippen molar-refractivity contribution in [2.45, 2.75) is 32.0 Å². The summed E-state index contributed by atoms with van der Waals surface area (Å²) in [6.45, 7) is -0.881. The number of anilines is 1. The molecule has 4 aromatic heterocycles. The van der Waals surface area contributed by atoms with Gasteiger partial charge in [-0.15, -0.1) is 0 Å². The standard InChI is InChI=1S/C24H18F3N7O2/c1-12-2-3-13(21-31-23(36-32-21)16-7-18(16)25)6-19(12)30-22(35)17-9-29-33-10-14(4-5-20(17)33)15-8-28-34(11-15)24(26)27/h2-6,8-11,16,18,24H,7H2,1H3,(H,30,35)/t16-,18?/m0/s1. The molecule has 1 N–H and O–H groups in total. The Labute approximate surface area is 201 Å². The van der Waals surface area contributed by atoms with E-state index in [4.69, 9.17) is 4.52 Å². The van der Waals surface area contributed by atoms with Crippen molar-refractivity contribution in [3.63, 3.8) is 0 Å². The summed E-state index contributed by atoms with van der Waals surface area (Å²) in [6, 6.07) is 8.75. The van der Waals surface area contributed by atoms with Crippen LogP contribution in [0, 0.1) is 6.92 Å². The number of aromatic nitrogens is 6. The Morgan fingerprint density at radius 2 is 1.92 bits per heavy atom. The Kier molecular flexibility index (Phi) is 5.09. The first kappa shape index (κ1) is 22.0. The highest BCUT2D eigenvalue weighted by molar-refractivity contribution is 6.09. The third kappa shape index (κ3) is 3.89. The molecule has 1 fully saturated rings. The topological polar surface area (TPSA) is 103 Å². The van der Waals surface area contributed by atoms with Crippen LogP contribution in [-0.4, -0.2) is 41.6 Å². The summed E-state index contributed by atoms with van der Waals surface area (Å²) in [5, 5.41) is 14.7. The van der Waals surface area contributed by atoms with Crippen molar-refractivity contribution in [1.29, 1.82) is 0 Å². The fraction of sp³-hybridized carbons (Fsp3) is 0.208. The Morgan fingerprint density at radius 1 is 1.11 bits per heavy atom. The molecule has 1 saturated carbocycles. The number of nitrogens with zero attached hydrogens (tertiary/aromatic N) is 6. The van der Waals surface area contributed by atoms with Crippen molar-refractivity contribution in [2.24, 2.45) is 0 Å². The van der Waals surface area contributed by atoms with E-state index in [0.717, 1.165) is 5.56 Å². The molecule has 9 nitrogen and oxygen atoms in total. The van der Waals surface area contributed by atoms with Crippen molar-refractivity contribution in [3.05, 3.63) is 72.1 Å². The Balaban J connectivity index is 1.24. The van der Waals surface area contributed by atoms with Gasteiger partial charge in [-0.25, -0.2) is 13.6 Å². The average Bonchev–Trinajstić information content (AvgIpc) is 3.32. The zero-order valence-electron chi connectivity index (χ0n) is 18.8. The number of benzene rings is 1. The van der Waals surface area contributed by atoms with E-state index in [1.807, 2.05) is 13.0 Å². The quantitative estimate of drug-likeness (QED) is 0.356. The molecule has 36 heavy (non-hydrogen) atoms. The van der Waals surface area contributed by atoms with Crippen molar-refractivity contribution in [2.75, 3.05) is 5.32 Å². The second kappa shape index (κ2) is 8.33. The molecule has 0 bridgehead atoms. The Morgan fingerprint density at radius 3 is 2.67 bits per heavy atom. The van der Waals surface area contributed by atoms with Gasteiger partial charge in [0.25, 0.3) is 5.91 Å². The van der Waals surface area contributed by atoms with Crippen LogP contribution in [0.4, 0.5) is 18.9 Å². The molecule has 1 aliphatic rings. The zero-order valence-corrected chi connectivity index (χ0v) is 18.8. The number of nitrogens with one attached hydrogen (secondary N) is 1. The van der Waals surface area contributed by atoms with Crippen LogP contribution >= 0.6 is 0 Å². The summed E-state index contributed by atoms with van der Waals surface area (Å²) >= 11 is 0. The van der Waals surface area contributed by atoms with Crippen LogP contribution in [0.5, 0.6) is 0 Å². The molecule has 1 amide bonds. The third-order valence-electron chi connectivity index (χ3n) is 6.11. The third-order valence-corrected chi connectivity index (χ3v) is 6.11. The van der Waals surface area contributed by atoms with Crippen molar-refractivity contribution in [1.82, 2.24) is 29.5 Å². The lowest BCUT2D eigenvalue weighted by Gasteiger charge is -2.09. The maximum absolute atomic E-state index is 13.3. The van der Waals surface area contributed by atoms with Gasteiger partial charge in [-0.1, -0.05) is 23.4 Å². The summed E-state index contributed by atoms with van der Waals surface area (Å²) in [5.74, 6) is -0.128. The largest absolute Gasteiger partial charge is 0.339 e. The predicted molar refractivity (Wildman–Crippen MR) is 122 cm³/mol. The van der Waals surface area contributed by atoms with Gasteiger partial charge in [-0.05, 0) is 31.0 Å². The molecular weight excluding hydrogens is 475 g/mol. The molecule has 1 unspecified atom stereocenters. The number of hydrogen-bond donors (Lipinski definition) is 1. The van der Waals surface area contributed by atoms with Crippen LogP contribution < -0.4 is 5.32 Å². The predicted octanol–water partition coefficient (Wildman–Crippen LogP) is 5.03. The van der Waals surface area contributed by atoms with E-state index < -0.39 is 12.7 Å². The normalized spacial score (nSPS) is 17.1. The molecule has 5 aromatic rings. The monoisotopic (exact) mass is 493 g/mol. The van der Waals surface area contributed by atoms with Gasteiger partial charge in [-0.2, -0.15) is 24.0 Å². The number of rotatable bonds is 6. The molecule has 0 aliphatic heterocycles. The van der Waals surface area contributed by atoms with Crippen LogP contribution in [0.1, 0.15) is 40.7 Å². The van der Waals surface area contributed by atoms with Crippen molar-refractivity contribution >= 4 is 17.1 Å². The van der Waals surface area contributed by atoms with E-state index in [2.05, 4.69) is 25.7 Å². The molecular formula is C24H18F3N7O2. The summed E-state index contributed by atoms with van der Waals surface area (Å²) in [5.41, 5.74) is 3.98. The fourth-order valence-corrected chi connectivity index (χ4v) is 3.93. The molecule has 0 spiro atoms. The SMILES string of the molecule is Cc1ccc(-c2noc([C@H]3CC3F)n2)cc1NC(=O)c1cnn2cc(-c3cnn(C(F)F)c3)ccc12. The molecule has 6 rings (SSSR count). The number of pyridine rings is 1. The van der Waals surface area contributed by atoms with Gasteiger partial charge in [0.15, 0.2) is 0 Å². The van der Waals surface area contributed by atoms with E-state index in [1.165, 1.54) is 23.1 Å².